The van der Waals surface area contributed by atoms with Crippen LogP contribution < -0.4 is 0 Å². The van der Waals surface area contributed by atoms with Crippen LogP contribution in [-0.2, 0) is 28.6 Å². The number of allylic oxidation sites excluding steroid dienone is 10. The van der Waals surface area contributed by atoms with E-state index >= 15 is 0 Å². The molecule has 1 atom stereocenters. The summed E-state index contributed by atoms with van der Waals surface area (Å²) in [4.78, 5) is 37.6. The second-order valence-corrected chi connectivity index (χ2v) is 16.3. The van der Waals surface area contributed by atoms with E-state index in [1.54, 1.807) is 0 Å². The summed E-state index contributed by atoms with van der Waals surface area (Å²) in [5.41, 5.74) is 0. The van der Waals surface area contributed by atoms with E-state index < -0.39 is 6.10 Å². The summed E-state index contributed by atoms with van der Waals surface area (Å²) in [6, 6.07) is 0. The lowest BCUT2D eigenvalue weighted by Gasteiger charge is -2.18. The van der Waals surface area contributed by atoms with Crippen molar-refractivity contribution in [3.63, 3.8) is 0 Å². The Labute approximate surface area is 364 Å². The predicted molar refractivity (Wildman–Crippen MR) is 251 cm³/mol. The third-order valence-corrected chi connectivity index (χ3v) is 10.5. The van der Waals surface area contributed by atoms with Gasteiger partial charge in [-0.05, 0) is 83.5 Å². The fourth-order valence-corrected chi connectivity index (χ4v) is 6.78. The number of rotatable bonds is 44. The molecule has 0 N–H and O–H groups in total. The van der Waals surface area contributed by atoms with Crippen molar-refractivity contribution >= 4 is 17.9 Å². The van der Waals surface area contributed by atoms with Crippen molar-refractivity contribution < 1.29 is 28.6 Å². The van der Waals surface area contributed by atoms with Gasteiger partial charge in [0.15, 0.2) is 6.10 Å². The molecule has 0 aliphatic heterocycles. The Balaban J connectivity index is 4.19. The van der Waals surface area contributed by atoms with Gasteiger partial charge in [0.05, 0.1) is 0 Å². The van der Waals surface area contributed by atoms with Crippen molar-refractivity contribution in [1.29, 1.82) is 0 Å². The Morgan fingerprint density at radius 1 is 0.356 bits per heavy atom. The van der Waals surface area contributed by atoms with Gasteiger partial charge < -0.3 is 14.2 Å². The van der Waals surface area contributed by atoms with E-state index in [4.69, 9.17) is 14.2 Å². The molecular formula is C53H92O6. The molecule has 0 saturated carbocycles. The summed E-state index contributed by atoms with van der Waals surface area (Å²) in [5.74, 6) is -0.949. The Morgan fingerprint density at radius 3 is 1.08 bits per heavy atom. The largest absolute Gasteiger partial charge is 0.462 e. The average Bonchev–Trinajstić information content (AvgIpc) is 3.23. The summed E-state index contributed by atoms with van der Waals surface area (Å²) in [7, 11) is 0. The van der Waals surface area contributed by atoms with Crippen LogP contribution in [0.5, 0.6) is 0 Å². The maximum Gasteiger partial charge on any atom is 0.306 e. The first-order valence-electron chi connectivity index (χ1n) is 24.8. The minimum atomic E-state index is -0.791. The number of ether oxygens (including phenoxy) is 3. The van der Waals surface area contributed by atoms with E-state index in [1.807, 2.05) is 0 Å². The van der Waals surface area contributed by atoms with Gasteiger partial charge in [-0.2, -0.15) is 0 Å². The average molecular weight is 825 g/mol. The lowest BCUT2D eigenvalue weighted by molar-refractivity contribution is -0.167. The topological polar surface area (TPSA) is 78.9 Å². The lowest BCUT2D eigenvalue weighted by Crippen LogP contribution is -2.30. The number of carbonyl (C=O) groups excluding carboxylic acids is 3. The number of carbonyl (C=O) groups is 3. The molecule has 0 bridgehead atoms. The maximum absolute atomic E-state index is 12.7. The van der Waals surface area contributed by atoms with E-state index in [2.05, 4.69) is 81.5 Å². The van der Waals surface area contributed by atoms with Gasteiger partial charge in [-0.25, -0.2) is 0 Å². The maximum atomic E-state index is 12.7. The third-order valence-electron chi connectivity index (χ3n) is 10.5. The van der Waals surface area contributed by atoms with Crippen molar-refractivity contribution in [2.24, 2.45) is 0 Å². The Bertz CT molecular complexity index is 1090. The number of hydrogen-bond donors (Lipinski definition) is 0. The van der Waals surface area contributed by atoms with Gasteiger partial charge >= 0.3 is 17.9 Å². The van der Waals surface area contributed by atoms with Crippen LogP contribution in [0.1, 0.15) is 239 Å². The molecule has 0 fully saturated rings. The molecule has 59 heavy (non-hydrogen) atoms. The first-order valence-corrected chi connectivity index (χ1v) is 24.8. The van der Waals surface area contributed by atoms with Crippen LogP contribution >= 0.6 is 0 Å². The van der Waals surface area contributed by atoms with Crippen LogP contribution in [0.15, 0.2) is 60.8 Å². The van der Waals surface area contributed by atoms with Gasteiger partial charge in [0.1, 0.15) is 13.2 Å². The summed E-state index contributed by atoms with van der Waals surface area (Å²) >= 11 is 0. The second kappa shape index (κ2) is 47.8. The Kier molecular flexibility index (Phi) is 45.4. The zero-order valence-electron chi connectivity index (χ0n) is 38.8. The lowest BCUT2D eigenvalue weighted by atomic mass is 10.1. The molecule has 0 rings (SSSR count). The van der Waals surface area contributed by atoms with Gasteiger partial charge in [-0.1, -0.05) is 197 Å². The highest BCUT2D eigenvalue weighted by Gasteiger charge is 2.19. The van der Waals surface area contributed by atoms with Crippen LogP contribution in [-0.4, -0.2) is 37.2 Å². The first-order chi connectivity index (χ1) is 29.0. The van der Waals surface area contributed by atoms with E-state index in [9.17, 15) is 14.4 Å². The van der Waals surface area contributed by atoms with Crippen LogP contribution in [0.2, 0.25) is 0 Å². The molecular weight excluding hydrogens is 733 g/mol. The molecule has 0 spiro atoms. The van der Waals surface area contributed by atoms with Gasteiger partial charge in [0.25, 0.3) is 0 Å². The smallest absolute Gasteiger partial charge is 0.306 e. The highest BCUT2D eigenvalue weighted by Crippen LogP contribution is 2.14. The molecule has 0 aliphatic rings. The molecule has 6 nitrogen and oxygen atoms in total. The Morgan fingerprint density at radius 2 is 0.661 bits per heavy atom. The quantitative estimate of drug-likeness (QED) is 0.0263. The van der Waals surface area contributed by atoms with Crippen molar-refractivity contribution in [2.45, 2.75) is 245 Å². The normalized spacial score (nSPS) is 12.5. The zero-order chi connectivity index (χ0) is 43.0. The molecule has 0 aromatic carbocycles. The van der Waals surface area contributed by atoms with Crippen LogP contribution in [0.4, 0.5) is 0 Å². The fourth-order valence-electron chi connectivity index (χ4n) is 6.78. The summed E-state index contributed by atoms with van der Waals surface area (Å²) in [5, 5.41) is 0. The minimum absolute atomic E-state index is 0.0919. The summed E-state index contributed by atoms with van der Waals surface area (Å²) in [6.07, 6.45) is 58.2. The fraction of sp³-hybridized carbons (Fsp3) is 0.755. The monoisotopic (exact) mass is 825 g/mol. The van der Waals surface area contributed by atoms with Gasteiger partial charge in [0, 0.05) is 19.3 Å². The number of esters is 3. The van der Waals surface area contributed by atoms with Gasteiger partial charge in [-0.3, -0.25) is 14.4 Å². The van der Waals surface area contributed by atoms with E-state index in [-0.39, 0.29) is 37.5 Å². The number of unbranched alkanes of at least 4 members (excludes halogenated alkanes) is 23. The zero-order valence-corrected chi connectivity index (χ0v) is 38.8. The molecule has 6 heteroatoms. The molecule has 0 saturated heterocycles. The second-order valence-electron chi connectivity index (χ2n) is 16.3. The molecule has 0 aromatic rings. The molecule has 0 radical (unpaired) electrons. The SMILES string of the molecule is CC/C=C\C/C=C\C/C=C\C/C=C\CCCCC(=O)OC(COC(=O)CCCCCCC)COC(=O)CCCCCCCCCCC/C=C\CCCCCCCCCC. The van der Waals surface area contributed by atoms with E-state index in [1.165, 1.54) is 109 Å². The molecule has 1 unspecified atom stereocenters. The molecule has 340 valence electrons. The highest BCUT2D eigenvalue weighted by atomic mass is 16.6. The Hall–Kier alpha value is -2.89. The summed E-state index contributed by atoms with van der Waals surface area (Å²) < 4.78 is 16.6. The molecule has 0 aliphatic carbocycles. The molecule has 0 amide bonds. The summed E-state index contributed by atoms with van der Waals surface area (Å²) in [6.45, 7) is 6.40. The minimum Gasteiger partial charge on any atom is -0.462 e. The van der Waals surface area contributed by atoms with Crippen LogP contribution in [0, 0.1) is 0 Å². The molecule has 0 aromatic heterocycles. The van der Waals surface area contributed by atoms with Crippen LogP contribution in [0.3, 0.4) is 0 Å². The van der Waals surface area contributed by atoms with Gasteiger partial charge in [0.2, 0.25) is 0 Å². The van der Waals surface area contributed by atoms with Crippen molar-refractivity contribution in [3.8, 4) is 0 Å². The molecule has 0 heterocycles. The van der Waals surface area contributed by atoms with Crippen LogP contribution in [0.25, 0.3) is 0 Å². The standard InChI is InChI=1S/C53H92O6/c1-4-7-10-13-15-17-19-21-23-24-25-26-27-28-30-31-33-35-37-40-43-46-52(55)58-49-50(48-57-51(54)45-42-39-12-9-6-3)59-53(56)47-44-41-38-36-34-32-29-22-20-18-16-14-11-8-5-2/h8,11,16,18,22,24-25,29,34,36,50H,4-7,9-10,12-15,17,19-21,23,26-28,30-33,35,37-49H2,1-3H3/b11-8-,18-16-,25-24-,29-22-,36-34-. The van der Waals surface area contributed by atoms with Crippen molar-refractivity contribution in [3.05, 3.63) is 60.8 Å². The number of hydrogen-bond acceptors (Lipinski definition) is 6. The van der Waals surface area contributed by atoms with Crippen molar-refractivity contribution in [2.75, 3.05) is 13.2 Å². The van der Waals surface area contributed by atoms with E-state index in [0.717, 1.165) is 83.5 Å². The van der Waals surface area contributed by atoms with E-state index in [0.29, 0.717) is 19.3 Å². The van der Waals surface area contributed by atoms with Gasteiger partial charge in [-0.15, -0.1) is 0 Å². The van der Waals surface area contributed by atoms with Crippen molar-refractivity contribution in [1.82, 2.24) is 0 Å². The first kappa shape index (κ1) is 56.1. The third kappa shape index (κ3) is 46.0. The predicted octanol–water partition coefficient (Wildman–Crippen LogP) is 16.1. The highest BCUT2D eigenvalue weighted by molar-refractivity contribution is 5.71.